The number of hydrogen-bond acceptors (Lipinski definition) is 6. The van der Waals surface area contributed by atoms with Crippen LogP contribution in [0, 0.1) is 5.41 Å². The number of esters is 3. The Morgan fingerprint density at radius 2 is 1.65 bits per heavy atom. The maximum atomic E-state index is 12.9. The summed E-state index contributed by atoms with van der Waals surface area (Å²) in [5, 5.41) is 0. The lowest BCUT2D eigenvalue weighted by Gasteiger charge is -2.21. The van der Waals surface area contributed by atoms with Gasteiger partial charge in [0.05, 0.1) is 20.1 Å². The minimum Gasteiger partial charge on any atom is -0.465 e. The first kappa shape index (κ1) is 26.6. The second kappa shape index (κ2) is 11.8. The number of benzene rings is 1. The molecule has 0 aliphatic heterocycles. The van der Waals surface area contributed by atoms with Crippen molar-refractivity contribution in [3.8, 4) is 0 Å². The predicted octanol–water partition coefficient (Wildman–Crippen LogP) is 5.01. The third-order valence-electron chi connectivity index (χ3n) is 4.16. The Morgan fingerprint density at radius 1 is 1.03 bits per heavy atom. The van der Waals surface area contributed by atoms with Gasteiger partial charge in [0.1, 0.15) is 6.10 Å². The zero-order chi connectivity index (χ0) is 23.7. The molecule has 1 aromatic carbocycles. The van der Waals surface area contributed by atoms with Gasteiger partial charge in [-0.25, -0.2) is 4.79 Å². The van der Waals surface area contributed by atoms with Crippen molar-refractivity contribution >= 4 is 26.0 Å². The maximum Gasteiger partial charge on any atom is 0.352 e. The first-order valence-electron chi connectivity index (χ1n) is 10.6. The van der Waals surface area contributed by atoms with E-state index in [0.717, 1.165) is 0 Å². The van der Waals surface area contributed by atoms with Crippen LogP contribution in [-0.2, 0) is 28.6 Å². The normalized spacial score (nSPS) is 14.0. The number of carbonyl (C=O) groups excluding carboxylic acids is 3. The molecule has 0 heterocycles. The molecule has 0 unspecified atom stereocenters. The van der Waals surface area contributed by atoms with E-state index < -0.39 is 37.6 Å². The SMILES string of the molecule is CC(=O)O[C@H](C(=O)O[C@H](/C=C/[Si](C)(C)C)CCCOC(=O)C(C)(C)C)c1ccccc1. The van der Waals surface area contributed by atoms with Crippen molar-refractivity contribution in [1.82, 2.24) is 0 Å². The van der Waals surface area contributed by atoms with Gasteiger partial charge in [0.2, 0.25) is 6.10 Å². The third kappa shape index (κ3) is 11.0. The highest BCUT2D eigenvalue weighted by Crippen LogP contribution is 2.22. The summed E-state index contributed by atoms with van der Waals surface area (Å²) in [5.74, 6) is -1.45. The minimum atomic E-state index is -1.52. The third-order valence-corrected chi connectivity index (χ3v) is 5.35. The van der Waals surface area contributed by atoms with E-state index in [-0.39, 0.29) is 12.6 Å². The fourth-order valence-corrected chi connectivity index (χ4v) is 3.31. The summed E-state index contributed by atoms with van der Waals surface area (Å²) in [6.07, 6.45) is 1.30. The highest BCUT2D eigenvalue weighted by molar-refractivity contribution is 6.80. The van der Waals surface area contributed by atoms with Crippen molar-refractivity contribution in [2.75, 3.05) is 6.61 Å². The van der Waals surface area contributed by atoms with E-state index in [1.165, 1.54) is 6.92 Å². The van der Waals surface area contributed by atoms with Crippen LogP contribution in [0.4, 0.5) is 0 Å². The molecule has 0 spiro atoms. The van der Waals surface area contributed by atoms with Crippen molar-refractivity contribution in [2.24, 2.45) is 5.41 Å². The van der Waals surface area contributed by atoms with Gasteiger partial charge in [-0.2, -0.15) is 0 Å². The van der Waals surface area contributed by atoms with Gasteiger partial charge >= 0.3 is 17.9 Å². The molecule has 0 aliphatic carbocycles. The Balaban J connectivity index is 2.86. The molecule has 0 aliphatic rings. The molecular weight excluding hydrogens is 412 g/mol. The smallest absolute Gasteiger partial charge is 0.352 e. The lowest BCUT2D eigenvalue weighted by molar-refractivity contribution is -0.170. The van der Waals surface area contributed by atoms with E-state index in [4.69, 9.17) is 14.2 Å². The van der Waals surface area contributed by atoms with Gasteiger partial charge in [0.15, 0.2) is 0 Å². The van der Waals surface area contributed by atoms with Crippen molar-refractivity contribution < 1.29 is 28.6 Å². The summed E-state index contributed by atoms with van der Waals surface area (Å²) in [6.45, 7) is 13.4. The van der Waals surface area contributed by atoms with Crippen LogP contribution in [0.3, 0.4) is 0 Å². The average molecular weight is 449 g/mol. The van der Waals surface area contributed by atoms with Gasteiger partial charge in [0, 0.05) is 12.5 Å². The maximum absolute atomic E-state index is 12.9. The Morgan fingerprint density at radius 3 is 2.16 bits per heavy atom. The fraction of sp³-hybridized carbons (Fsp3) is 0.542. The van der Waals surface area contributed by atoms with E-state index in [1.54, 1.807) is 45.0 Å². The number of hydrogen-bond donors (Lipinski definition) is 0. The zero-order valence-corrected chi connectivity index (χ0v) is 20.8. The molecule has 0 aromatic heterocycles. The summed E-state index contributed by atoms with van der Waals surface area (Å²) in [6, 6.07) is 8.79. The molecule has 0 saturated carbocycles. The van der Waals surface area contributed by atoms with E-state index in [2.05, 4.69) is 25.3 Å². The van der Waals surface area contributed by atoms with Gasteiger partial charge in [-0.1, -0.05) is 61.7 Å². The molecule has 0 radical (unpaired) electrons. The molecule has 0 N–H and O–H groups in total. The number of carbonyl (C=O) groups is 3. The Bertz CT molecular complexity index is 759. The molecule has 0 bridgehead atoms. The topological polar surface area (TPSA) is 78.9 Å². The molecule has 6 nitrogen and oxygen atoms in total. The Hall–Kier alpha value is -2.41. The minimum absolute atomic E-state index is 0.247. The number of ether oxygens (including phenoxy) is 3. The van der Waals surface area contributed by atoms with Gasteiger partial charge in [-0.15, -0.1) is 0 Å². The zero-order valence-electron chi connectivity index (χ0n) is 19.8. The lowest BCUT2D eigenvalue weighted by atomic mass is 9.97. The summed E-state index contributed by atoms with van der Waals surface area (Å²) < 4.78 is 16.3. The molecule has 0 amide bonds. The van der Waals surface area contributed by atoms with Gasteiger partial charge in [0.25, 0.3) is 0 Å². The summed E-state index contributed by atoms with van der Waals surface area (Å²) in [4.78, 5) is 36.4. The monoisotopic (exact) mass is 448 g/mol. The molecule has 172 valence electrons. The first-order chi connectivity index (χ1) is 14.3. The molecule has 7 heteroatoms. The van der Waals surface area contributed by atoms with Crippen molar-refractivity contribution in [3.05, 3.63) is 47.7 Å². The largest absolute Gasteiger partial charge is 0.465 e. The molecule has 0 fully saturated rings. The standard InChI is InChI=1S/C24H36O6Si/c1-18(25)29-21(19-12-9-8-10-13-19)22(26)30-20(15-17-31(5,6)7)14-11-16-28-23(27)24(2,3)4/h8-10,12-13,15,17,20-21H,11,14,16H2,1-7H3/b17-15+/t20-,21-/m0/s1. The molecular formula is C24H36O6Si. The van der Waals surface area contributed by atoms with Crippen LogP contribution in [0.5, 0.6) is 0 Å². The second-order valence-electron chi connectivity index (χ2n) is 9.63. The van der Waals surface area contributed by atoms with Crippen LogP contribution in [0.1, 0.15) is 52.2 Å². The highest BCUT2D eigenvalue weighted by atomic mass is 28.3. The molecule has 2 atom stereocenters. The second-order valence-corrected chi connectivity index (χ2v) is 14.7. The average Bonchev–Trinajstić information content (AvgIpc) is 2.66. The highest BCUT2D eigenvalue weighted by Gasteiger charge is 2.28. The number of rotatable bonds is 10. The fourth-order valence-electron chi connectivity index (χ4n) is 2.51. The van der Waals surface area contributed by atoms with E-state index in [9.17, 15) is 14.4 Å². The van der Waals surface area contributed by atoms with E-state index in [1.807, 2.05) is 12.1 Å². The Labute approximate surface area is 187 Å². The van der Waals surface area contributed by atoms with Gasteiger partial charge in [-0.05, 0) is 33.6 Å². The molecule has 0 saturated heterocycles. The Kier molecular flexibility index (Phi) is 10.2. The quantitative estimate of drug-likeness (QED) is 0.217. The lowest BCUT2D eigenvalue weighted by Crippen LogP contribution is -2.27. The van der Waals surface area contributed by atoms with Crippen LogP contribution >= 0.6 is 0 Å². The summed E-state index contributed by atoms with van der Waals surface area (Å²) in [5.41, 5.74) is 2.10. The van der Waals surface area contributed by atoms with Gasteiger partial charge in [-0.3, -0.25) is 9.59 Å². The van der Waals surface area contributed by atoms with E-state index in [0.29, 0.717) is 18.4 Å². The molecule has 31 heavy (non-hydrogen) atoms. The van der Waals surface area contributed by atoms with Crippen LogP contribution in [0.25, 0.3) is 0 Å². The van der Waals surface area contributed by atoms with Crippen LogP contribution < -0.4 is 0 Å². The summed E-state index contributed by atoms with van der Waals surface area (Å²) in [7, 11) is -1.52. The van der Waals surface area contributed by atoms with Gasteiger partial charge < -0.3 is 14.2 Å². The van der Waals surface area contributed by atoms with E-state index >= 15 is 0 Å². The van der Waals surface area contributed by atoms with Crippen LogP contribution in [0.15, 0.2) is 42.1 Å². The van der Waals surface area contributed by atoms with Crippen molar-refractivity contribution in [3.63, 3.8) is 0 Å². The summed E-state index contributed by atoms with van der Waals surface area (Å²) >= 11 is 0. The first-order valence-corrected chi connectivity index (χ1v) is 14.2. The van der Waals surface area contributed by atoms with Crippen LogP contribution in [-0.4, -0.2) is 38.7 Å². The van der Waals surface area contributed by atoms with Crippen LogP contribution in [0.2, 0.25) is 19.6 Å². The van der Waals surface area contributed by atoms with Crippen molar-refractivity contribution in [1.29, 1.82) is 0 Å². The predicted molar refractivity (Wildman–Crippen MR) is 123 cm³/mol. The molecule has 1 aromatic rings. The molecule has 1 rings (SSSR count). The van der Waals surface area contributed by atoms with Crippen molar-refractivity contribution in [2.45, 2.75) is 72.4 Å².